The number of rotatable bonds is 2. The van der Waals surface area contributed by atoms with Crippen LogP contribution in [-0.2, 0) is 0 Å². The minimum Gasteiger partial charge on any atom is -0.394 e. The fourth-order valence-electron chi connectivity index (χ4n) is 2.50. The number of aliphatic hydroxyl groups excluding tert-OH is 1. The van der Waals surface area contributed by atoms with Gasteiger partial charge in [0, 0.05) is 5.54 Å². The van der Waals surface area contributed by atoms with Gasteiger partial charge in [0.1, 0.15) is 0 Å². The SMILES string of the molecule is CN1CCCC1(CO)C1CC1. The molecule has 2 rings (SSSR count). The maximum Gasteiger partial charge on any atom is 0.0618 e. The van der Waals surface area contributed by atoms with Gasteiger partial charge in [-0.05, 0) is 45.2 Å². The number of nitrogens with zero attached hydrogens (tertiary/aromatic N) is 1. The molecular weight excluding hydrogens is 138 g/mol. The zero-order valence-corrected chi connectivity index (χ0v) is 7.21. The van der Waals surface area contributed by atoms with Gasteiger partial charge in [0.25, 0.3) is 0 Å². The predicted octanol–water partition coefficient (Wildman–Crippen LogP) is 0.853. The molecule has 0 amide bonds. The largest absolute Gasteiger partial charge is 0.394 e. The molecule has 0 aromatic carbocycles. The summed E-state index contributed by atoms with van der Waals surface area (Å²) >= 11 is 0. The van der Waals surface area contributed by atoms with Crippen LogP contribution in [0, 0.1) is 5.92 Å². The Kier molecular flexibility index (Phi) is 1.69. The maximum absolute atomic E-state index is 9.36. The van der Waals surface area contributed by atoms with E-state index < -0.39 is 0 Å². The van der Waals surface area contributed by atoms with Crippen molar-refractivity contribution in [3.63, 3.8) is 0 Å². The van der Waals surface area contributed by atoms with E-state index in [1.54, 1.807) is 0 Å². The lowest BCUT2D eigenvalue weighted by molar-refractivity contribution is 0.0645. The highest BCUT2D eigenvalue weighted by Crippen LogP contribution is 2.47. The second-order valence-electron chi connectivity index (χ2n) is 4.06. The minimum absolute atomic E-state index is 0.194. The van der Waals surface area contributed by atoms with Gasteiger partial charge in [-0.25, -0.2) is 0 Å². The summed E-state index contributed by atoms with van der Waals surface area (Å²) in [6.45, 7) is 1.55. The molecule has 0 aromatic rings. The Labute approximate surface area is 68.2 Å². The molecule has 0 radical (unpaired) electrons. The average Bonchev–Trinajstić information content (AvgIpc) is 2.78. The van der Waals surface area contributed by atoms with E-state index in [0.29, 0.717) is 6.61 Å². The van der Waals surface area contributed by atoms with E-state index in [1.807, 2.05) is 0 Å². The lowest BCUT2D eigenvalue weighted by atomic mass is 9.91. The van der Waals surface area contributed by atoms with E-state index in [0.717, 1.165) is 5.92 Å². The minimum atomic E-state index is 0.194. The molecule has 0 spiro atoms. The van der Waals surface area contributed by atoms with Crippen LogP contribution in [0.5, 0.6) is 0 Å². The zero-order valence-electron chi connectivity index (χ0n) is 7.21. The van der Waals surface area contributed by atoms with Gasteiger partial charge in [-0.1, -0.05) is 0 Å². The molecule has 2 fully saturated rings. The summed E-state index contributed by atoms with van der Waals surface area (Å²) in [4.78, 5) is 2.37. The summed E-state index contributed by atoms with van der Waals surface area (Å²) in [6.07, 6.45) is 5.16. The third-order valence-corrected chi connectivity index (χ3v) is 3.47. The van der Waals surface area contributed by atoms with Crippen LogP contribution >= 0.6 is 0 Å². The van der Waals surface area contributed by atoms with E-state index in [1.165, 1.54) is 32.2 Å². The zero-order chi connectivity index (χ0) is 7.90. The van der Waals surface area contributed by atoms with E-state index in [2.05, 4.69) is 11.9 Å². The molecule has 1 N–H and O–H groups in total. The normalized spacial score (nSPS) is 39.8. The molecule has 0 bridgehead atoms. The van der Waals surface area contributed by atoms with Crippen molar-refractivity contribution in [2.45, 2.75) is 31.2 Å². The first-order valence-electron chi connectivity index (χ1n) is 4.62. The molecule has 2 nitrogen and oxygen atoms in total. The Balaban J connectivity index is 2.13. The van der Waals surface area contributed by atoms with Crippen molar-refractivity contribution >= 4 is 0 Å². The molecule has 64 valence electrons. The highest BCUT2D eigenvalue weighted by Gasteiger charge is 2.49. The third-order valence-electron chi connectivity index (χ3n) is 3.47. The van der Waals surface area contributed by atoms with Crippen LogP contribution in [0.25, 0.3) is 0 Å². The number of hydrogen-bond acceptors (Lipinski definition) is 2. The second-order valence-corrected chi connectivity index (χ2v) is 4.06. The summed E-state index contributed by atoms with van der Waals surface area (Å²) < 4.78 is 0. The Morgan fingerprint density at radius 2 is 2.27 bits per heavy atom. The monoisotopic (exact) mass is 155 g/mol. The fourth-order valence-corrected chi connectivity index (χ4v) is 2.50. The van der Waals surface area contributed by atoms with Gasteiger partial charge in [-0.2, -0.15) is 0 Å². The van der Waals surface area contributed by atoms with Gasteiger partial charge < -0.3 is 5.11 Å². The van der Waals surface area contributed by atoms with Gasteiger partial charge in [-0.15, -0.1) is 0 Å². The van der Waals surface area contributed by atoms with Gasteiger partial charge in [0.05, 0.1) is 6.61 Å². The van der Waals surface area contributed by atoms with Gasteiger partial charge >= 0.3 is 0 Å². The number of hydrogen-bond donors (Lipinski definition) is 1. The van der Waals surface area contributed by atoms with Crippen LogP contribution in [0.3, 0.4) is 0 Å². The van der Waals surface area contributed by atoms with Crippen LogP contribution in [0.4, 0.5) is 0 Å². The van der Waals surface area contributed by atoms with E-state index in [-0.39, 0.29) is 5.54 Å². The maximum atomic E-state index is 9.36. The molecule has 1 aliphatic carbocycles. The second kappa shape index (κ2) is 2.46. The number of likely N-dealkylation sites (tertiary alicyclic amines) is 1. The topological polar surface area (TPSA) is 23.5 Å². The quantitative estimate of drug-likeness (QED) is 0.639. The summed E-state index contributed by atoms with van der Waals surface area (Å²) in [5, 5.41) is 9.36. The molecular formula is C9H17NO. The van der Waals surface area contributed by atoms with Crippen LogP contribution < -0.4 is 0 Å². The van der Waals surface area contributed by atoms with Crippen LogP contribution in [0.15, 0.2) is 0 Å². The molecule has 2 aliphatic rings. The van der Waals surface area contributed by atoms with Crippen molar-refractivity contribution < 1.29 is 5.11 Å². The Hall–Kier alpha value is -0.0800. The predicted molar refractivity (Wildman–Crippen MR) is 44.4 cm³/mol. The summed E-state index contributed by atoms with van der Waals surface area (Å²) in [5.41, 5.74) is 0.194. The van der Waals surface area contributed by atoms with E-state index in [9.17, 15) is 5.11 Å². The van der Waals surface area contributed by atoms with Crippen molar-refractivity contribution in [1.29, 1.82) is 0 Å². The average molecular weight is 155 g/mol. The summed E-state index contributed by atoms with van der Waals surface area (Å²) in [5.74, 6) is 0.806. The molecule has 0 aromatic heterocycles. The van der Waals surface area contributed by atoms with Crippen LogP contribution in [-0.4, -0.2) is 35.7 Å². The fraction of sp³-hybridized carbons (Fsp3) is 1.00. The van der Waals surface area contributed by atoms with E-state index >= 15 is 0 Å². The highest BCUT2D eigenvalue weighted by atomic mass is 16.3. The van der Waals surface area contributed by atoms with Crippen molar-refractivity contribution in [3.8, 4) is 0 Å². The van der Waals surface area contributed by atoms with Crippen molar-refractivity contribution in [3.05, 3.63) is 0 Å². The molecule has 1 saturated carbocycles. The summed E-state index contributed by atoms with van der Waals surface area (Å²) in [7, 11) is 2.15. The highest BCUT2D eigenvalue weighted by molar-refractivity contribution is 5.04. The molecule has 2 heteroatoms. The Bertz CT molecular complexity index is 156. The third kappa shape index (κ3) is 1.00. The number of aliphatic hydroxyl groups is 1. The lowest BCUT2D eigenvalue weighted by Gasteiger charge is -2.34. The van der Waals surface area contributed by atoms with Crippen molar-refractivity contribution in [2.75, 3.05) is 20.2 Å². The Morgan fingerprint density at radius 3 is 2.64 bits per heavy atom. The smallest absolute Gasteiger partial charge is 0.0618 e. The first kappa shape index (κ1) is 7.56. The first-order valence-corrected chi connectivity index (χ1v) is 4.62. The molecule has 11 heavy (non-hydrogen) atoms. The Morgan fingerprint density at radius 1 is 1.55 bits per heavy atom. The van der Waals surface area contributed by atoms with Crippen LogP contribution in [0.1, 0.15) is 25.7 Å². The number of likely N-dealkylation sites (N-methyl/N-ethyl adjacent to an activating group) is 1. The van der Waals surface area contributed by atoms with Crippen LogP contribution in [0.2, 0.25) is 0 Å². The molecule has 1 heterocycles. The molecule has 1 saturated heterocycles. The standard InChI is InChI=1S/C9H17NO/c1-10-6-2-5-9(10,7-11)8-3-4-8/h8,11H,2-7H2,1H3. The molecule has 1 aliphatic heterocycles. The molecule has 1 atom stereocenters. The van der Waals surface area contributed by atoms with Gasteiger partial charge in [0.15, 0.2) is 0 Å². The van der Waals surface area contributed by atoms with Gasteiger partial charge in [0.2, 0.25) is 0 Å². The summed E-state index contributed by atoms with van der Waals surface area (Å²) in [6, 6.07) is 0. The van der Waals surface area contributed by atoms with Gasteiger partial charge in [-0.3, -0.25) is 4.90 Å². The first-order chi connectivity index (χ1) is 5.29. The van der Waals surface area contributed by atoms with Crippen molar-refractivity contribution in [2.24, 2.45) is 5.92 Å². The van der Waals surface area contributed by atoms with Crippen molar-refractivity contribution in [1.82, 2.24) is 4.90 Å². The lowest BCUT2D eigenvalue weighted by Crippen LogP contribution is -2.46. The van der Waals surface area contributed by atoms with E-state index in [4.69, 9.17) is 0 Å². The molecule has 1 unspecified atom stereocenters.